The second-order valence-corrected chi connectivity index (χ2v) is 14.6. The molecule has 0 radical (unpaired) electrons. The fourth-order valence-electron chi connectivity index (χ4n) is 9.72. The van der Waals surface area contributed by atoms with Crippen LogP contribution >= 0.6 is 20.8 Å². The summed E-state index contributed by atoms with van der Waals surface area (Å²) in [6, 6.07) is 7.83. The minimum absolute atomic E-state index is 0.0806. The Labute approximate surface area is 254 Å². The van der Waals surface area contributed by atoms with Crippen LogP contribution < -0.4 is 10.0 Å². The molecule has 2 saturated heterocycles. The van der Waals surface area contributed by atoms with Crippen molar-refractivity contribution in [2.75, 3.05) is 33.4 Å². The van der Waals surface area contributed by atoms with Crippen LogP contribution in [0.2, 0.25) is 0 Å². The highest BCUT2D eigenvalue weighted by Gasteiger charge is 2.81. The largest absolute Gasteiger partial charge is 0.490 e. The molecule has 4 aliphatic carbocycles. The Kier molecular flexibility index (Phi) is 7.14. The number of oxime groups is 1. The molecule has 0 aromatic heterocycles. The fraction of sp³-hybridized carbons (Fsp3) is 0.656. The molecule has 1 aromatic carbocycles. The lowest BCUT2D eigenvalue weighted by Crippen LogP contribution is -2.71. The number of rotatable bonds is 5. The van der Waals surface area contributed by atoms with Gasteiger partial charge < -0.3 is 33.6 Å². The van der Waals surface area contributed by atoms with Crippen LogP contribution in [-0.2, 0) is 23.8 Å². The van der Waals surface area contributed by atoms with Gasteiger partial charge in [0.05, 0.1) is 11.0 Å². The fourth-order valence-corrected chi connectivity index (χ4v) is 10.5. The van der Waals surface area contributed by atoms with E-state index in [0.717, 1.165) is 36.0 Å². The van der Waals surface area contributed by atoms with Crippen LogP contribution in [0.15, 0.2) is 53.2 Å². The molecule has 2 heterocycles. The molecule has 42 heavy (non-hydrogen) atoms. The summed E-state index contributed by atoms with van der Waals surface area (Å²) in [7, 11) is 2.67. The van der Waals surface area contributed by atoms with Gasteiger partial charge >= 0.3 is 0 Å². The van der Waals surface area contributed by atoms with Crippen LogP contribution in [0, 0.1) is 28.6 Å². The Morgan fingerprint density at radius 2 is 1.98 bits per heavy atom. The number of fused-ring (bicyclic) bond motifs is 7. The zero-order valence-corrected chi connectivity index (χ0v) is 26.4. The number of aliphatic hydroxyl groups excluding tert-OH is 1. The summed E-state index contributed by atoms with van der Waals surface area (Å²) in [4.78, 5) is 4.74. The van der Waals surface area contributed by atoms with Gasteiger partial charge in [-0.2, -0.15) is 0 Å². The average Bonchev–Trinajstić information content (AvgIpc) is 3.65. The van der Waals surface area contributed by atoms with Gasteiger partial charge in [0.15, 0.2) is 20.2 Å². The SMILES string of the molecule is C[C@H]1C[C@H]2[C@@H]3CCC4=C/C(=N/OCCOc5cccc(P)c5)C=C[C@]4(C)[C@@]3(Cl)[C@@H](O)C[C@]2(C)[C@]12OCOC21COCO1. The predicted octanol–water partition coefficient (Wildman–Crippen LogP) is 4.70. The summed E-state index contributed by atoms with van der Waals surface area (Å²) >= 11 is 7.77. The molecule has 10 atom stereocenters. The third-order valence-corrected chi connectivity index (χ3v) is 12.8. The Morgan fingerprint density at radius 3 is 2.76 bits per heavy atom. The molecule has 2 aliphatic heterocycles. The highest BCUT2D eigenvalue weighted by molar-refractivity contribution is 7.27. The van der Waals surface area contributed by atoms with Crippen molar-refractivity contribution in [1.29, 1.82) is 0 Å². The Morgan fingerprint density at radius 1 is 1.14 bits per heavy atom. The molecule has 10 heteroatoms. The van der Waals surface area contributed by atoms with Crippen molar-refractivity contribution in [3.8, 4) is 5.75 Å². The highest BCUT2D eigenvalue weighted by atomic mass is 35.5. The average molecular weight is 618 g/mol. The van der Waals surface area contributed by atoms with Crippen LogP contribution in [-0.4, -0.2) is 66.6 Å². The molecule has 0 bridgehead atoms. The van der Waals surface area contributed by atoms with E-state index in [1.54, 1.807) is 0 Å². The maximum atomic E-state index is 12.1. The van der Waals surface area contributed by atoms with E-state index >= 15 is 0 Å². The van der Waals surface area contributed by atoms with Crippen LogP contribution in [0.4, 0.5) is 0 Å². The maximum Gasteiger partial charge on any atom is 0.227 e. The van der Waals surface area contributed by atoms with Gasteiger partial charge in [-0.15, -0.1) is 20.8 Å². The van der Waals surface area contributed by atoms with Gasteiger partial charge in [-0.25, -0.2) is 0 Å². The number of ether oxygens (including phenoxy) is 5. The van der Waals surface area contributed by atoms with Crippen molar-refractivity contribution in [3.63, 3.8) is 0 Å². The molecule has 3 saturated carbocycles. The molecule has 2 unspecified atom stereocenters. The first-order valence-electron chi connectivity index (χ1n) is 15.0. The van der Waals surface area contributed by atoms with E-state index in [9.17, 15) is 5.11 Å². The summed E-state index contributed by atoms with van der Waals surface area (Å²) in [6.07, 6.45) is 8.61. The first-order valence-corrected chi connectivity index (χ1v) is 16.0. The molecule has 2 spiro atoms. The van der Waals surface area contributed by atoms with Gasteiger partial charge in [-0.1, -0.05) is 49.7 Å². The molecular formula is C32H41ClNO7P. The van der Waals surface area contributed by atoms with Gasteiger partial charge in [-0.3, -0.25) is 0 Å². The lowest BCUT2D eigenvalue weighted by atomic mass is 9.45. The maximum absolute atomic E-state index is 12.1. The molecule has 7 rings (SSSR count). The Hall–Kier alpha value is -1.51. The minimum Gasteiger partial charge on any atom is -0.490 e. The summed E-state index contributed by atoms with van der Waals surface area (Å²) < 4.78 is 30.4. The first kappa shape index (κ1) is 29.2. The number of hydrogen-bond acceptors (Lipinski definition) is 8. The van der Waals surface area contributed by atoms with Crippen molar-refractivity contribution in [2.45, 2.75) is 68.8 Å². The predicted molar refractivity (Wildman–Crippen MR) is 162 cm³/mol. The van der Waals surface area contributed by atoms with E-state index in [4.69, 9.17) is 40.1 Å². The molecule has 228 valence electrons. The summed E-state index contributed by atoms with van der Waals surface area (Å²) in [6.45, 7) is 8.08. The van der Waals surface area contributed by atoms with Crippen molar-refractivity contribution in [1.82, 2.24) is 0 Å². The summed E-state index contributed by atoms with van der Waals surface area (Å²) in [5.41, 5.74) is 0.294. The molecule has 1 N–H and O–H groups in total. The number of benzene rings is 1. The lowest BCUT2D eigenvalue weighted by molar-refractivity contribution is -0.264. The molecule has 0 amide bonds. The topological polar surface area (TPSA) is 88.0 Å². The number of aliphatic hydroxyl groups is 1. The van der Waals surface area contributed by atoms with Gasteiger partial charge in [0.25, 0.3) is 0 Å². The number of nitrogens with zero attached hydrogens (tertiary/aromatic N) is 1. The normalized spacial score (nSPS) is 46.5. The highest BCUT2D eigenvalue weighted by Crippen LogP contribution is 2.74. The van der Waals surface area contributed by atoms with Crippen molar-refractivity contribution >= 4 is 31.9 Å². The van der Waals surface area contributed by atoms with Crippen molar-refractivity contribution in [3.05, 3.63) is 48.1 Å². The van der Waals surface area contributed by atoms with E-state index in [1.165, 1.54) is 5.57 Å². The third-order valence-electron chi connectivity index (χ3n) is 11.5. The zero-order valence-electron chi connectivity index (χ0n) is 24.5. The molecule has 1 aromatic rings. The third kappa shape index (κ3) is 3.85. The van der Waals surface area contributed by atoms with E-state index < -0.39 is 33.2 Å². The number of allylic oxidation sites excluding steroid dienone is 4. The molecule has 6 aliphatic rings. The van der Waals surface area contributed by atoms with Crippen molar-refractivity contribution in [2.24, 2.45) is 33.7 Å². The van der Waals surface area contributed by atoms with Gasteiger partial charge in [0.1, 0.15) is 30.3 Å². The minimum atomic E-state index is -0.953. The van der Waals surface area contributed by atoms with Gasteiger partial charge in [-0.05, 0) is 73.0 Å². The standard InChI is InChI=1S/C32H41ClNO7P/c1-20-13-26-25-8-7-21-14-22(34-41-12-11-37-23-5-4-6-24(42)15-23)9-10-28(21,2)31(25,33)27(35)16-29(26,3)32(20)30(39-19-40-32)17-36-18-38-30/h4-6,9-10,14-15,20,25-27,35H,7-8,11-13,16-19,42H2,1-3H3/b34-22+/t20-,25-,26-,27-,28-,29-,30?,31-,32+/m0/s1. The molecule has 5 fully saturated rings. The van der Waals surface area contributed by atoms with E-state index in [2.05, 4.69) is 47.3 Å². The molecule has 8 nitrogen and oxygen atoms in total. The summed E-state index contributed by atoms with van der Waals surface area (Å²) in [5, 5.41) is 17.5. The monoisotopic (exact) mass is 617 g/mol. The van der Waals surface area contributed by atoms with Crippen molar-refractivity contribution < 1.29 is 33.6 Å². The van der Waals surface area contributed by atoms with Gasteiger partial charge in [0, 0.05) is 10.8 Å². The molecular weight excluding hydrogens is 577 g/mol. The van der Waals surface area contributed by atoms with E-state index in [1.807, 2.05) is 30.3 Å². The first-order chi connectivity index (χ1) is 20.1. The zero-order chi connectivity index (χ0) is 29.4. The van der Waals surface area contributed by atoms with E-state index in [-0.39, 0.29) is 31.3 Å². The Bertz CT molecular complexity index is 1330. The number of halogens is 1. The number of alkyl halides is 1. The Balaban J connectivity index is 1.10. The second kappa shape index (κ2) is 10.3. The lowest BCUT2D eigenvalue weighted by Gasteiger charge is -2.64. The number of hydrogen-bond donors (Lipinski definition) is 1. The smallest absolute Gasteiger partial charge is 0.227 e. The van der Waals surface area contributed by atoms with Gasteiger partial charge in [0.2, 0.25) is 5.79 Å². The quantitative estimate of drug-likeness (QED) is 0.222. The van der Waals surface area contributed by atoms with Crippen LogP contribution in [0.5, 0.6) is 5.75 Å². The van der Waals surface area contributed by atoms with E-state index in [0.29, 0.717) is 26.2 Å². The summed E-state index contributed by atoms with van der Waals surface area (Å²) in [5.74, 6) is 0.310. The van der Waals surface area contributed by atoms with Crippen LogP contribution in [0.25, 0.3) is 0 Å². The van der Waals surface area contributed by atoms with Crippen LogP contribution in [0.3, 0.4) is 0 Å². The second-order valence-electron chi connectivity index (χ2n) is 13.3. The van der Waals surface area contributed by atoms with Crippen LogP contribution in [0.1, 0.15) is 46.5 Å².